The monoisotopic (exact) mass is 268 g/mol. The highest BCUT2D eigenvalue weighted by Crippen LogP contribution is 2.37. The Morgan fingerprint density at radius 3 is 2.00 bits per heavy atom. The van der Waals surface area contributed by atoms with Crippen molar-refractivity contribution >= 4 is 0 Å². The van der Waals surface area contributed by atoms with Gasteiger partial charge in [0.2, 0.25) is 0 Å². The molecule has 0 saturated carbocycles. The van der Waals surface area contributed by atoms with Crippen molar-refractivity contribution in [1.82, 2.24) is 10.6 Å². The number of hydrogen-bond acceptors (Lipinski definition) is 5. The van der Waals surface area contributed by atoms with Crippen LogP contribution in [0.1, 0.15) is 18.5 Å². The molecule has 1 aromatic rings. The first-order chi connectivity index (χ1) is 9.21. The predicted octanol–water partition coefficient (Wildman–Crippen LogP) is 1.58. The lowest BCUT2D eigenvalue weighted by Crippen LogP contribution is -2.30. The van der Waals surface area contributed by atoms with Gasteiger partial charge in [-0.2, -0.15) is 0 Å². The first kappa shape index (κ1) is 15.6. The lowest BCUT2D eigenvalue weighted by molar-refractivity contribution is 0.358. The van der Waals surface area contributed by atoms with Gasteiger partial charge >= 0.3 is 0 Å². The van der Waals surface area contributed by atoms with Crippen molar-refractivity contribution in [2.75, 3.05) is 41.5 Å². The summed E-state index contributed by atoms with van der Waals surface area (Å²) in [6.45, 7) is 3.79. The Kier molecular flexibility index (Phi) is 6.45. The van der Waals surface area contributed by atoms with Crippen LogP contribution in [0.5, 0.6) is 17.2 Å². The van der Waals surface area contributed by atoms with E-state index in [9.17, 15) is 0 Å². The standard InChI is InChI=1S/C14H24N2O3/c1-6-16-9-11(15-2)14-12(18-4)7-10(17-3)8-13(14)19-5/h7-8,11,15-16H,6,9H2,1-5H3. The minimum Gasteiger partial charge on any atom is -0.496 e. The number of likely N-dealkylation sites (N-methyl/N-ethyl adjacent to an activating group) is 2. The second-order valence-corrected chi connectivity index (χ2v) is 4.09. The van der Waals surface area contributed by atoms with Crippen LogP contribution < -0.4 is 24.8 Å². The molecule has 2 N–H and O–H groups in total. The van der Waals surface area contributed by atoms with Crippen LogP contribution in [0.4, 0.5) is 0 Å². The van der Waals surface area contributed by atoms with Crippen LogP contribution in [0.15, 0.2) is 12.1 Å². The third kappa shape index (κ3) is 3.75. The van der Waals surface area contributed by atoms with E-state index in [2.05, 4.69) is 17.6 Å². The molecule has 5 nitrogen and oxygen atoms in total. The molecular formula is C14H24N2O3. The summed E-state index contributed by atoms with van der Waals surface area (Å²) in [4.78, 5) is 0. The fourth-order valence-electron chi connectivity index (χ4n) is 2.01. The van der Waals surface area contributed by atoms with Crippen LogP contribution >= 0.6 is 0 Å². The van der Waals surface area contributed by atoms with Crippen molar-refractivity contribution < 1.29 is 14.2 Å². The first-order valence-electron chi connectivity index (χ1n) is 6.39. The molecule has 1 aromatic carbocycles. The van der Waals surface area contributed by atoms with E-state index in [1.165, 1.54) is 0 Å². The van der Waals surface area contributed by atoms with Crippen molar-refractivity contribution in [3.63, 3.8) is 0 Å². The second kappa shape index (κ2) is 7.86. The molecule has 0 aliphatic carbocycles. The Hall–Kier alpha value is -1.46. The van der Waals surface area contributed by atoms with Crippen LogP contribution in [0.25, 0.3) is 0 Å². The van der Waals surface area contributed by atoms with E-state index in [1.54, 1.807) is 21.3 Å². The normalized spacial score (nSPS) is 12.1. The van der Waals surface area contributed by atoms with Crippen molar-refractivity contribution in [2.24, 2.45) is 0 Å². The van der Waals surface area contributed by atoms with Gasteiger partial charge in [0.05, 0.1) is 32.9 Å². The van der Waals surface area contributed by atoms with Gasteiger partial charge in [-0.25, -0.2) is 0 Å². The molecule has 5 heteroatoms. The van der Waals surface area contributed by atoms with E-state index < -0.39 is 0 Å². The summed E-state index contributed by atoms with van der Waals surface area (Å²) in [5.41, 5.74) is 0.995. The highest BCUT2D eigenvalue weighted by molar-refractivity contribution is 5.52. The molecule has 1 rings (SSSR count). The molecule has 108 valence electrons. The van der Waals surface area contributed by atoms with Gasteiger partial charge in [-0.05, 0) is 13.6 Å². The van der Waals surface area contributed by atoms with Crippen LogP contribution in [0.2, 0.25) is 0 Å². The third-order valence-electron chi connectivity index (χ3n) is 3.05. The number of hydrogen-bond donors (Lipinski definition) is 2. The van der Waals surface area contributed by atoms with Crippen LogP contribution in [0.3, 0.4) is 0 Å². The summed E-state index contributed by atoms with van der Waals surface area (Å²) >= 11 is 0. The molecule has 0 bridgehead atoms. The molecule has 0 aliphatic rings. The molecular weight excluding hydrogens is 244 g/mol. The number of benzene rings is 1. The van der Waals surface area contributed by atoms with Crippen molar-refractivity contribution in [3.05, 3.63) is 17.7 Å². The van der Waals surface area contributed by atoms with E-state index in [1.807, 2.05) is 19.2 Å². The quantitative estimate of drug-likeness (QED) is 0.750. The largest absolute Gasteiger partial charge is 0.496 e. The number of methoxy groups -OCH3 is 3. The van der Waals surface area contributed by atoms with E-state index in [4.69, 9.17) is 14.2 Å². The SMILES string of the molecule is CCNCC(NC)c1c(OC)cc(OC)cc1OC. The Morgan fingerprint density at radius 1 is 1.05 bits per heavy atom. The molecule has 1 atom stereocenters. The van der Waals surface area contributed by atoms with Gasteiger partial charge in [0.25, 0.3) is 0 Å². The van der Waals surface area contributed by atoms with Gasteiger partial charge in [0.15, 0.2) is 0 Å². The Labute approximate surface area is 115 Å². The predicted molar refractivity (Wildman–Crippen MR) is 76.4 cm³/mol. The van der Waals surface area contributed by atoms with E-state index in [0.29, 0.717) is 0 Å². The molecule has 0 aromatic heterocycles. The summed E-state index contributed by atoms with van der Waals surface area (Å²) < 4.78 is 16.2. The van der Waals surface area contributed by atoms with Crippen LogP contribution in [0, 0.1) is 0 Å². The Balaban J connectivity index is 3.20. The van der Waals surface area contributed by atoms with Gasteiger partial charge in [-0.1, -0.05) is 6.92 Å². The Morgan fingerprint density at radius 2 is 1.63 bits per heavy atom. The summed E-state index contributed by atoms with van der Waals surface area (Å²) in [5, 5.41) is 6.60. The topological polar surface area (TPSA) is 51.8 Å². The van der Waals surface area contributed by atoms with Crippen molar-refractivity contribution in [1.29, 1.82) is 0 Å². The average Bonchev–Trinajstić information content (AvgIpc) is 2.47. The molecule has 0 amide bonds. The lowest BCUT2D eigenvalue weighted by atomic mass is 10.0. The number of ether oxygens (including phenoxy) is 3. The molecule has 0 aliphatic heterocycles. The summed E-state index contributed by atoms with van der Waals surface area (Å²) in [7, 11) is 6.85. The van der Waals surface area contributed by atoms with E-state index >= 15 is 0 Å². The highest BCUT2D eigenvalue weighted by atomic mass is 16.5. The van der Waals surface area contributed by atoms with Gasteiger partial charge in [0, 0.05) is 18.7 Å². The third-order valence-corrected chi connectivity index (χ3v) is 3.05. The average molecular weight is 268 g/mol. The van der Waals surface area contributed by atoms with Crippen molar-refractivity contribution in [3.8, 4) is 17.2 Å². The zero-order chi connectivity index (χ0) is 14.3. The maximum Gasteiger partial charge on any atom is 0.131 e. The smallest absolute Gasteiger partial charge is 0.131 e. The molecule has 0 fully saturated rings. The van der Waals surface area contributed by atoms with Gasteiger partial charge < -0.3 is 24.8 Å². The zero-order valence-corrected chi connectivity index (χ0v) is 12.4. The molecule has 0 spiro atoms. The van der Waals surface area contributed by atoms with Gasteiger partial charge in [-0.15, -0.1) is 0 Å². The molecule has 19 heavy (non-hydrogen) atoms. The van der Waals surface area contributed by atoms with Crippen molar-refractivity contribution in [2.45, 2.75) is 13.0 Å². The maximum atomic E-state index is 5.47. The maximum absolute atomic E-state index is 5.47. The van der Waals surface area contributed by atoms with Crippen LogP contribution in [-0.2, 0) is 0 Å². The molecule has 1 unspecified atom stereocenters. The minimum absolute atomic E-state index is 0.107. The number of rotatable bonds is 8. The highest BCUT2D eigenvalue weighted by Gasteiger charge is 2.20. The summed E-state index contributed by atoms with van der Waals surface area (Å²) in [6, 6.07) is 3.85. The van der Waals surface area contributed by atoms with Crippen LogP contribution in [-0.4, -0.2) is 41.5 Å². The zero-order valence-electron chi connectivity index (χ0n) is 12.4. The fraction of sp³-hybridized carbons (Fsp3) is 0.571. The molecule has 0 heterocycles. The van der Waals surface area contributed by atoms with Gasteiger partial charge in [-0.3, -0.25) is 0 Å². The second-order valence-electron chi connectivity index (χ2n) is 4.09. The first-order valence-corrected chi connectivity index (χ1v) is 6.39. The number of nitrogens with one attached hydrogen (secondary N) is 2. The summed E-state index contributed by atoms with van der Waals surface area (Å²) in [6.07, 6.45) is 0. The molecule has 0 radical (unpaired) electrons. The van der Waals surface area contributed by atoms with E-state index in [0.717, 1.165) is 35.9 Å². The lowest BCUT2D eigenvalue weighted by Gasteiger charge is -2.22. The Bertz CT molecular complexity index is 371. The van der Waals surface area contributed by atoms with E-state index in [-0.39, 0.29) is 6.04 Å². The minimum atomic E-state index is 0.107. The summed E-state index contributed by atoms with van der Waals surface area (Å²) in [5.74, 6) is 2.23. The van der Waals surface area contributed by atoms with Gasteiger partial charge in [0.1, 0.15) is 17.2 Å². The molecule has 0 saturated heterocycles. The fourth-order valence-corrected chi connectivity index (χ4v) is 2.01.